The first-order valence-electron chi connectivity index (χ1n) is 7.06. The lowest BCUT2D eigenvalue weighted by Gasteiger charge is -2.39. The molecule has 0 amide bonds. The van der Waals surface area contributed by atoms with Gasteiger partial charge < -0.3 is 9.80 Å². The monoisotopic (exact) mass is 224 g/mol. The lowest BCUT2D eigenvalue weighted by atomic mass is 9.87. The minimum atomic E-state index is 0.903. The summed E-state index contributed by atoms with van der Waals surface area (Å²) in [6.45, 7) is 11.5. The molecule has 0 aromatic heterocycles. The van der Waals surface area contributed by atoms with E-state index < -0.39 is 0 Å². The highest BCUT2D eigenvalue weighted by Crippen LogP contribution is 2.25. The summed E-state index contributed by atoms with van der Waals surface area (Å²) in [6.07, 6.45) is 4.24. The van der Waals surface area contributed by atoms with Gasteiger partial charge in [0.25, 0.3) is 0 Å². The van der Waals surface area contributed by atoms with Crippen molar-refractivity contribution in [3.05, 3.63) is 0 Å². The first-order chi connectivity index (χ1) is 7.65. The van der Waals surface area contributed by atoms with Crippen molar-refractivity contribution in [2.75, 3.05) is 39.8 Å². The van der Waals surface area contributed by atoms with Crippen molar-refractivity contribution in [1.82, 2.24) is 9.80 Å². The van der Waals surface area contributed by atoms with Crippen LogP contribution in [0.4, 0.5) is 0 Å². The summed E-state index contributed by atoms with van der Waals surface area (Å²) < 4.78 is 0. The summed E-state index contributed by atoms with van der Waals surface area (Å²) in [7, 11) is 2.25. The molecule has 2 heterocycles. The van der Waals surface area contributed by atoms with Gasteiger partial charge in [0.1, 0.15) is 0 Å². The van der Waals surface area contributed by atoms with E-state index in [4.69, 9.17) is 0 Å². The predicted octanol–water partition coefficient (Wildman–Crippen LogP) is 2.31. The normalized spacial score (nSPS) is 35.4. The van der Waals surface area contributed by atoms with E-state index in [1.165, 1.54) is 52.0 Å². The number of piperidine rings is 2. The van der Waals surface area contributed by atoms with Crippen LogP contribution in [0.25, 0.3) is 0 Å². The zero-order valence-electron chi connectivity index (χ0n) is 11.3. The second-order valence-electron chi connectivity index (χ2n) is 6.25. The molecule has 94 valence electrons. The van der Waals surface area contributed by atoms with Gasteiger partial charge in [-0.15, -0.1) is 0 Å². The van der Waals surface area contributed by atoms with E-state index in [0.717, 1.165) is 17.8 Å². The fraction of sp³-hybridized carbons (Fsp3) is 1.00. The fourth-order valence-electron chi connectivity index (χ4n) is 3.12. The smallest absolute Gasteiger partial charge is 0.00107 e. The highest BCUT2D eigenvalue weighted by Gasteiger charge is 2.25. The number of hydrogen-bond acceptors (Lipinski definition) is 2. The molecule has 2 heteroatoms. The van der Waals surface area contributed by atoms with E-state index >= 15 is 0 Å². The highest BCUT2D eigenvalue weighted by atomic mass is 15.1. The largest absolute Gasteiger partial charge is 0.306 e. The Balaban J connectivity index is 1.73. The SMILES string of the molecule is CC1CCN(CC2CCN(C)CC2)CC1C. The number of likely N-dealkylation sites (tertiary alicyclic amines) is 2. The maximum absolute atomic E-state index is 2.72. The molecule has 2 nitrogen and oxygen atoms in total. The molecule has 2 atom stereocenters. The molecular formula is C14H28N2. The molecule has 0 aliphatic carbocycles. The summed E-state index contributed by atoms with van der Waals surface area (Å²) in [5.41, 5.74) is 0. The molecule has 2 unspecified atom stereocenters. The third-order valence-electron chi connectivity index (χ3n) is 4.77. The van der Waals surface area contributed by atoms with Crippen molar-refractivity contribution in [3.8, 4) is 0 Å². The number of nitrogens with zero attached hydrogens (tertiary/aromatic N) is 2. The average Bonchev–Trinajstić information content (AvgIpc) is 2.27. The van der Waals surface area contributed by atoms with Crippen LogP contribution in [0.3, 0.4) is 0 Å². The van der Waals surface area contributed by atoms with E-state index in [2.05, 4.69) is 30.7 Å². The summed E-state index contributed by atoms with van der Waals surface area (Å²) in [5, 5.41) is 0. The molecule has 0 aromatic rings. The Morgan fingerprint density at radius 3 is 2.25 bits per heavy atom. The zero-order valence-corrected chi connectivity index (χ0v) is 11.3. The third kappa shape index (κ3) is 3.21. The van der Waals surface area contributed by atoms with Gasteiger partial charge in [0.2, 0.25) is 0 Å². The minimum absolute atomic E-state index is 0.903. The van der Waals surface area contributed by atoms with Crippen LogP contribution in [0, 0.1) is 17.8 Å². The Hall–Kier alpha value is -0.0800. The minimum Gasteiger partial charge on any atom is -0.306 e. The van der Waals surface area contributed by atoms with E-state index in [1.807, 2.05) is 0 Å². The van der Waals surface area contributed by atoms with Crippen LogP contribution in [0.1, 0.15) is 33.1 Å². The lowest BCUT2D eigenvalue weighted by Crippen LogP contribution is -2.43. The van der Waals surface area contributed by atoms with Crippen molar-refractivity contribution in [2.24, 2.45) is 17.8 Å². The fourth-order valence-corrected chi connectivity index (χ4v) is 3.12. The van der Waals surface area contributed by atoms with Gasteiger partial charge in [-0.1, -0.05) is 13.8 Å². The second kappa shape index (κ2) is 5.50. The van der Waals surface area contributed by atoms with Crippen LogP contribution >= 0.6 is 0 Å². The highest BCUT2D eigenvalue weighted by molar-refractivity contribution is 4.79. The molecule has 2 aliphatic rings. The van der Waals surface area contributed by atoms with Crippen LogP contribution in [0.5, 0.6) is 0 Å². The standard InChI is InChI=1S/C14H28N2/c1-12-4-9-16(10-13(12)2)11-14-5-7-15(3)8-6-14/h12-14H,4-11H2,1-3H3. The van der Waals surface area contributed by atoms with Crippen LogP contribution in [0.2, 0.25) is 0 Å². The zero-order chi connectivity index (χ0) is 11.5. The van der Waals surface area contributed by atoms with Crippen molar-refractivity contribution in [3.63, 3.8) is 0 Å². The first-order valence-corrected chi connectivity index (χ1v) is 7.06. The van der Waals surface area contributed by atoms with Gasteiger partial charge in [0.15, 0.2) is 0 Å². The van der Waals surface area contributed by atoms with Gasteiger partial charge in [-0.2, -0.15) is 0 Å². The van der Waals surface area contributed by atoms with Gasteiger partial charge in [0, 0.05) is 13.1 Å². The van der Waals surface area contributed by atoms with Gasteiger partial charge in [-0.3, -0.25) is 0 Å². The molecular weight excluding hydrogens is 196 g/mol. The average molecular weight is 224 g/mol. The number of hydrogen-bond donors (Lipinski definition) is 0. The van der Waals surface area contributed by atoms with Crippen molar-refractivity contribution in [2.45, 2.75) is 33.1 Å². The molecule has 0 spiro atoms. The maximum Gasteiger partial charge on any atom is 0.00107 e. The molecule has 0 aromatic carbocycles. The second-order valence-corrected chi connectivity index (χ2v) is 6.25. The van der Waals surface area contributed by atoms with Crippen LogP contribution in [0.15, 0.2) is 0 Å². The van der Waals surface area contributed by atoms with E-state index in [1.54, 1.807) is 0 Å². The molecule has 2 fully saturated rings. The van der Waals surface area contributed by atoms with Gasteiger partial charge in [-0.05, 0) is 63.7 Å². The van der Waals surface area contributed by atoms with E-state index in [9.17, 15) is 0 Å². The maximum atomic E-state index is 2.72. The summed E-state index contributed by atoms with van der Waals surface area (Å²) in [5.74, 6) is 2.81. The van der Waals surface area contributed by atoms with Gasteiger partial charge in [0.05, 0.1) is 0 Å². The van der Waals surface area contributed by atoms with Crippen molar-refractivity contribution >= 4 is 0 Å². The lowest BCUT2D eigenvalue weighted by molar-refractivity contribution is 0.1000. The third-order valence-corrected chi connectivity index (χ3v) is 4.77. The summed E-state index contributed by atoms with van der Waals surface area (Å²) in [4.78, 5) is 5.19. The van der Waals surface area contributed by atoms with Crippen LogP contribution < -0.4 is 0 Å². The predicted molar refractivity (Wildman–Crippen MR) is 69.6 cm³/mol. The van der Waals surface area contributed by atoms with E-state index in [0.29, 0.717) is 0 Å². The number of rotatable bonds is 2. The molecule has 0 radical (unpaired) electrons. The Labute approximate surface area is 101 Å². The molecule has 0 bridgehead atoms. The van der Waals surface area contributed by atoms with Crippen LogP contribution in [-0.2, 0) is 0 Å². The summed E-state index contributed by atoms with van der Waals surface area (Å²) in [6, 6.07) is 0. The van der Waals surface area contributed by atoms with Gasteiger partial charge >= 0.3 is 0 Å². The topological polar surface area (TPSA) is 6.48 Å². The molecule has 16 heavy (non-hydrogen) atoms. The summed E-state index contributed by atoms with van der Waals surface area (Å²) >= 11 is 0. The Bertz CT molecular complexity index is 209. The van der Waals surface area contributed by atoms with E-state index in [-0.39, 0.29) is 0 Å². The molecule has 0 N–H and O–H groups in total. The first kappa shape index (κ1) is 12.4. The molecule has 0 saturated carbocycles. The van der Waals surface area contributed by atoms with Crippen molar-refractivity contribution in [1.29, 1.82) is 0 Å². The Kier molecular flexibility index (Phi) is 4.26. The molecule has 2 aliphatic heterocycles. The van der Waals surface area contributed by atoms with Crippen molar-refractivity contribution < 1.29 is 0 Å². The molecule has 2 saturated heterocycles. The quantitative estimate of drug-likeness (QED) is 0.710. The molecule has 2 rings (SSSR count). The van der Waals surface area contributed by atoms with Crippen LogP contribution in [-0.4, -0.2) is 49.6 Å². The Morgan fingerprint density at radius 2 is 1.62 bits per heavy atom. The Morgan fingerprint density at radius 1 is 0.938 bits per heavy atom. The van der Waals surface area contributed by atoms with Gasteiger partial charge in [-0.25, -0.2) is 0 Å².